The van der Waals surface area contributed by atoms with Crippen molar-refractivity contribution < 1.29 is 9.59 Å². The predicted octanol–water partition coefficient (Wildman–Crippen LogP) is 4.45. The van der Waals surface area contributed by atoms with E-state index in [-0.39, 0.29) is 0 Å². The Morgan fingerprint density at radius 3 is 2.22 bits per heavy atom. The first-order valence-electron chi connectivity index (χ1n) is 6.93. The average Bonchev–Trinajstić information content (AvgIpc) is 2.45. The van der Waals surface area contributed by atoms with Gasteiger partial charge >= 0.3 is 11.8 Å². The average molecular weight is 443 g/mol. The van der Waals surface area contributed by atoms with Crippen molar-refractivity contribution in [1.29, 1.82) is 0 Å². The standard InChI is InChI=1S/C17H16ClIN2O2/c1-9-6-11(3)15(13(18)7-9)21-17(23)16(22)20-14-5-4-12(19)8-10(14)2/h4-8H,1-3H3,(H,20,22)(H,21,23). The fourth-order valence-electron chi connectivity index (χ4n) is 2.19. The SMILES string of the molecule is Cc1cc(C)c(NC(=O)C(=O)Nc2ccc(I)cc2C)c(Cl)c1. The fourth-order valence-corrected chi connectivity index (χ4v) is 3.21. The number of nitrogens with one attached hydrogen (secondary N) is 2. The molecule has 6 heteroatoms. The first kappa shape index (κ1) is 17.7. The zero-order chi connectivity index (χ0) is 17.1. The molecule has 2 aromatic rings. The van der Waals surface area contributed by atoms with Crippen molar-refractivity contribution >= 4 is 57.4 Å². The van der Waals surface area contributed by atoms with Crippen molar-refractivity contribution in [2.24, 2.45) is 0 Å². The van der Waals surface area contributed by atoms with E-state index in [0.717, 1.165) is 20.3 Å². The molecule has 2 amide bonds. The molecule has 4 nitrogen and oxygen atoms in total. The molecule has 0 saturated carbocycles. The number of anilines is 2. The van der Waals surface area contributed by atoms with Crippen LogP contribution in [0.15, 0.2) is 30.3 Å². The van der Waals surface area contributed by atoms with E-state index in [4.69, 9.17) is 11.6 Å². The number of carbonyl (C=O) groups excluding carboxylic acids is 2. The lowest BCUT2D eigenvalue weighted by Crippen LogP contribution is -2.29. The van der Waals surface area contributed by atoms with Crippen LogP contribution in [0.4, 0.5) is 11.4 Å². The number of carbonyl (C=O) groups is 2. The molecule has 0 unspecified atom stereocenters. The predicted molar refractivity (Wildman–Crippen MR) is 102 cm³/mol. The molecule has 0 aliphatic rings. The normalized spacial score (nSPS) is 10.3. The topological polar surface area (TPSA) is 58.2 Å². The van der Waals surface area contributed by atoms with Gasteiger partial charge in [-0.25, -0.2) is 0 Å². The first-order valence-corrected chi connectivity index (χ1v) is 8.39. The summed E-state index contributed by atoms with van der Waals surface area (Å²) in [6.07, 6.45) is 0. The fraction of sp³-hybridized carbons (Fsp3) is 0.176. The van der Waals surface area contributed by atoms with Gasteiger partial charge in [0.15, 0.2) is 0 Å². The maximum absolute atomic E-state index is 12.1. The van der Waals surface area contributed by atoms with Gasteiger partial charge in [0, 0.05) is 9.26 Å². The van der Waals surface area contributed by atoms with Crippen molar-refractivity contribution in [1.82, 2.24) is 0 Å². The van der Waals surface area contributed by atoms with Crippen molar-refractivity contribution in [3.05, 3.63) is 55.6 Å². The Kier molecular flexibility index (Phi) is 5.64. The molecule has 0 aliphatic heterocycles. The molecular weight excluding hydrogens is 427 g/mol. The summed E-state index contributed by atoms with van der Waals surface area (Å²) in [5.74, 6) is -1.48. The van der Waals surface area contributed by atoms with E-state index in [1.165, 1.54) is 0 Å². The van der Waals surface area contributed by atoms with Gasteiger partial charge in [0.05, 0.1) is 10.7 Å². The summed E-state index contributed by atoms with van der Waals surface area (Å²) < 4.78 is 1.06. The lowest BCUT2D eigenvalue weighted by molar-refractivity contribution is -0.133. The quantitative estimate of drug-likeness (QED) is 0.533. The Labute approximate surface area is 153 Å². The second-order valence-electron chi connectivity index (χ2n) is 5.31. The number of hydrogen-bond donors (Lipinski definition) is 2. The summed E-state index contributed by atoms with van der Waals surface area (Å²) in [6, 6.07) is 9.19. The molecule has 2 N–H and O–H groups in total. The second-order valence-corrected chi connectivity index (χ2v) is 6.96. The lowest BCUT2D eigenvalue weighted by atomic mass is 10.1. The van der Waals surface area contributed by atoms with Crippen molar-refractivity contribution in [3.8, 4) is 0 Å². The van der Waals surface area contributed by atoms with Crippen LogP contribution in [0.2, 0.25) is 5.02 Å². The molecular formula is C17H16ClIN2O2. The summed E-state index contributed by atoms with van der Waals surface area (Å²) in [6.45, 7) is 5.61. The van der Waals surface area contributed by atoms with Gasteiger partial charge in [0.2, 0.25) is 0 Å². The molecule has 0 bridgehead atoms. The Morgan fingerprint density at radius 2 is 1.61 bits per heavy atom. The van der Waals surface area contributed by atoms with Crippen LogP contribution in [0.5, 0.6) is 0 Å². The van der Waals surface area contributed by atoms with Crippen LogP contribution in [-0.4, -0.2) is 11.8 Å². The van der Waals surface area contributed by atoms with Crippen molar-refractivity contribution in [2.75, 3.05) is 10.6 Å². The van der Waals surface area contributed by atoms with Crippen LogP contribution in [0.25, 0.3) is 0 Å². The Bertz CT molecular complexity index is 767. The molecule has 0 radical (unpaired) electrons. The Hall–Kier alpha value is -1.60. The molecule has 2 rings (SSSR count). The van der Waals surface area contributed by atoms with Crippen LogP contribution in [0.1, 0.15) is 16.7 Å². The number of benzene rings is 2. The van der Waals surface area contributed by atoms with Gasteiger partial charge in [-0.05, 0) is 84.3 Å². The number of halogens is 2. The minimum Gasteiger partial charge on any atom is -0.318 e. The van der Waals surface area contributed by atoms with Gasteiger partial charge in [-0.2, -0.15) is 0 Å². The maximum atomic E-state index is 12.1. The van der Waals surface area contributed by atoms with Gasteiger partial charge in [0.1, 0.15) is 0 Å². The van der Waals surface area contributed by atoms with Crippen LogP contribution in [0, 0.1) is 24.3 Å². The van der Waals surface area contributed by atoms with Gasteiger partial charge in [-0.15, -0.1) is 0 Å². The highest BCUT2D eigenvalue weighted by molar-refractivity contribution is 14.1. The van der Waals surface area contributed by atoms with E-state index in [2.05, 4.69) is 33.2 Å². The summed E-state index contributed by atoms with van der Waals surface area (Å²) >= 11 is 8.33. The number of rotatable bonds is 2. The minimum atomic E-state index is -0.753. The Morgan fingerprint density at radius 1 is 0.957 bits per heavy atom. The molecule has 0 atom stereocenters. The van der Waals surface area contributed by atoms with E-state index < -0.39 is 11.8 Å². The first-order chi connectivity index (χ1) is 10.8. The highest BCUT2D eigenvalue weighted by Gasteiger charge is 2.17. The number of amides is 2. The zero-order valence-corrected chi connectivity index (χ0v) is 15.9. The highest BCUT2D eigenvalue weighted by Crippen LogP contribution is 2.27. The molecule has 0 spiro atoms. The number of aryl methyl sites for hydroxylation is 3. The van der Waals surface area contributed by atoms with Gasteiger partial charge in [-0.3, -0.25) is 9.59 Å². The molecule has 0 saturated heterocycles. The largest absolute Gasteiger partial charge is 0.318 e. The van der Waals surface area contributed by atoms with Crippen LogP contribution in [-0.2, 0) is 9.59 Å². The Balaban J connectivity index is 2.13. The van der Waals surface area contributed by atoms with Crippen LogP contribution >= 0.6 is 34.2 Å². The second kappa shape index (κ2) is 7.31. The third-order valence-electron chi connectivity index (χ3n) is 3.31. The van der Waals surface area contributed by atoms with Gasteiger partial charge < -0.3 is 10.6 Å². The molecule has 0 heterocycles. The lowest BCUT2D eigenvalue weighted by Gasteiger charge is -2.12. The molecule has 23 heavy (non-hydrogen) atoms. The molecule has 0 aliphatic carbocycles. The molecule has 0 aromatic heterocycles. The summed E-state index contributed by atoms with van der Waals surface area (Å²) in [7, 11) is 0. The summed E-state index contributed by atoms with van der Waals surface area (Å²) in [4.78, 5) is 24.2. The summed E-state index contributed by atoms with van der Waals surface area (Å²) in [5, 5.41) is 5.59. The van der Waals surface area contributed by atoms with Crippen LogP contribution in [0.3, 0.4) is 0 Å². The summed E-state index contributed by atoms with van der Waals surface area (Å²) in [5.41, 5.74) is 3.75. The van der Waals surface area contributed by atoms with E-state index in [1.807, 2.05) is 39.0 Å². The van der Waals surface area contributed by atoms with Crippen molar-refractivity contribution in [2.45, 2.75) is 20.8 Å². The van der Waals surface area contributed by atoms with Crippen LogP contribution < -0.4 is 10.6 Å². The third kappa shape index (κ3) is 4.45. The van der Waals surface area contributed by atoms with E-state index in [0.29, 0.717) is 16.4 Å². The van der Waals surface area contributed by atoms with E-state index in [9.17, 15) is 9.59 Å². The maximum Gasteiger partial charge on any atom is 0.314 e. The molecule has 120 valence electrons. The van der Waals surface area contributed by atoms with Gasteiger partial charge in [-0.1, -0.05) is 17.7 Å². The molecule has 2 aromatic carbocycles. The van der Waals surface area contributed by atoms with E-state index in [1.54, 1.807) is 12.1 Å². The highest BCUT2D eigenvalue weighted by atomic mass is 127. The number of hydrogen-bond acceptors (Lipinski definition) is 2. The zero-order valence-electron chi connectivity index (χ0n) is 13.0. The molecule has 0 fully saturated rings. The minimum absolute atomic E-state index is 0.411. The van der Waals surface area contributed by atoms with Crippen molar-refractivity contribution in [3.63, 3.8) is 0 Å². The van der Waals surface area contributed by atoms with E-state index >= 15 is 0 Å². The van der Waals surface area contributed by atoms with Gasteiger partial charge in [0.25, 0.3) is 0 Å². The smallest absolute Gasteiger partial charge is 0.314 e. The third-order valence-corrected chi connectivity index (χ3v) is 4.28. The monoisotopic (exact) mass is 442 g/mol.